The highest BCUT2D eigenvalue weighted by molar-refractivity contribution is 5.95. The molecule has 0 saturated carbocycles. The molecule has 2 N–H and O–H groups in total. The van der Waals surface area contributed by atoms with E-state index in [9.17, 15) is 4.79 Å². The highest BCUT2D eigenvalue weighted by atomic mass is 35.5. The first-order chi connectivity index (χ1) is 8.14. The zero-order valence-electron chi connectivity index (χ0n) is 10.7. The number of ether oxygens (including phenoxy) is 1. The third kappa shape index (κ3) is 3.15. The summed E-state index contributed by atoms with van der Waals surface area (Å²) in [6, 6.07) is 7.41. The van der Waals surface area contributed by atoms with E-state index in [0.29, 0.717) is 0 Å². The van der Waals surface area contributed by atoms with Gasteiger partial charge in [-0.2, -0.15) is 0 Å². The number of carbonyl (C=O) groups excluding carboxylic acids is 1. The number of hydrogen-bond acceptors (Lipinski definition) is 3. The maximum atomic E-state index is 12.1. The number of carbonyl (C=O) groups is 1. The van der Waals surface area contributed by atoms with Crippen LogP contribution in [-0.4, -0.2) is 26.1 Å². The van der Waals surface area contributed by atoms with Gasteiger partial charge in [0.1, 0.15) is 5.75 Å². The predicted octanol–water partition coefficient (Wildman–Crippen LogP) is 2.06. The molecule has 1 amide bonds. The van der Waals surface area contributed by atoms with Crippen molar-refractivity contribution in [3.05, 3.63) is 24.3 Å². The second-order valence-electron chi connectivity index (χ2n) is 4.67. The quantitative estimate of drug-likeness (QED) is 0.884. The molecule has 1 aliphatic heterocycles. The number of halogens is 1. The maximum absolute atomic E-state index is 12.1. The van der Waals surface area contributed by atoms with Crippen molar-refractivity contribution in [2.24, 2.45) is 5.41 Å². The number of anilines is 1. The fraction of sp³-hybridized carbons (Fsp3) is 0.462. The zero-order valence-corrected chi connectivity index (χ0v) is 11.5. The Morgan fingerprint density at radius 2 is 2.28 bits per heavy atom. The van der Waals surface area contributed by atoms with E-state index in [0.717, 1.165) is 30.9 Å². The van der Waals surface area contributed by atoms with E-state index in [2.05, 4.69) is 10.6 Å². The highest BCUT2D eigenvalue weighted by Crippen LogP contribution is 2.27. The Kier molecular flexibility index (Phi) is 4.99. The van der Waals surface area contributed by atoms with E-state index in [-0.39, 0.29) is 23.7 Å². The van der Waals surface area contributed by atoms with Crippen LogP contribution in [0.5, 0.6) is 5.75 Å². The van der Waals surface area contributed by atoms with Gasteiger partial charge in [-0.15, -0.1) is 12.4 Å². The monoisotopic (exact) mass is 270 g/mol. The number of methoxy groups -OCH3 is 1. The topological polar surface area (TPSA) is 50.4 Å². The lowest BCUT2D eigenvalue weighted by atomic mass is 9.89. The van der Waals surface area contributed by atoms with Crippen LogP contribution < -0.4 is 15.4 Å². The lowest BCUT2D eigenvalue weighted by molar-refractivity contribution is -0.123. The summed E-state index contributed by atoms with van der Waals surface area (Å²) < 4.78 is 5.12. The van der Waals surface area contributed by atoms with Crippen LogP contribution in [0.2, 0.25) is 0 Å². The van der Waals surface area contributed by atoms with Crippen LogP contribution in [0.15, 0.2) is 24.3 Å². The molecule has 2 rings (SSSR count). The molecular formula is C13H19ClN2O2. The molecule has 1 fully saturated rings. The average Bonchev–Trinajstić information content (AvgIpc) is 2.78. The molecule has 1 aliphatic rings. The van der Waals surface area contributed by atoms with E-state index < -0.39 is 0 Å². The molecule has 1 heterocycles. The summed E-state index contributed by atoms with van der Waals surface area (Å²) in [5.74, 6) is 0.813. The number of nitrogens with one attached hydrogen (secondary N) is 2. The first-order valence-corrected chi connectivity index (χ1v) is 5.80. The molecule has 0 spiro atoms. The van der Waals surface area contributed by atoms with E-state index in [1.54, 1.807) is 7.11 Å². The Hall–Kier alpha value is -1.26. The molecule has 1 saturated heterocycles. The van der Waals surface area contributed by atoms with Crippen molar-refractivity contribution in [2.75, 3.05) is 25.5 Å². The third-order valence-electron chi connectivity index (χ3n) is 3.24. The van der Waals surface area contributed by atoms with Crippen LogP contribution in [0, 0.1) is 5.41 Å². The zero-order chi connectivity index (χ0) is 12.3. The minimum absolute atomic E-state index is 0. The van der Waals surface area contributed by atoms with Crippen LogP contribution in [0.25, 0.3) is 0 Å². The van der Waals surface area contributed by atoms with Gasteiger partial charge < -0.3 is 15.4 Å². The summed E-state index contributed by atoms with van der Waals surface area (Å²) in [5.41, 5.74) is 0.478. The molecule has 0 aliphatic carbocycles. The van der Waals surface area contributed by atoms with Crippen molar-refractivity contribution in [1.82, 2.24) is 5.32 Å². The minimum atomic E-state index is -0.303. The van der Waals surface area contributed by atoms with Gasteiger partial charge in [0, 0.05) is 18.3 Å². The molecule has 0 aromatic heterocycles. The first-order valence-electron chi connectivity index (χ1n) is 5.80. The van der Waals surface area contributed by atoms with Gasteiger partial charge in [0.15, 0.2) is 0 Å². The van der Waals surface area contributed by atoms with Gasteiger partial charge in [-0.25, -0.2) is 0 Å². The van der Waals surface area contributed by atoms with Crippen LogP contribution in [0.1, 0.15) is 13.3 Å². The molecule has 1 unspecified atom stereocenters. The maximum Gasteiger partial charge on any atom is 0.231 e. The molecule has 0 radical (unpaired) electrons. The number of hydrogen-bond donors (Lipinski definition) is 2. The molecule has 100 valence electrons. The largest absolute Gasteiger partial charge is 0.497 e. The Morgan fingerprint density at radius 1 is 1.50 bits per heavy atom. The van der Waals surface area contributed by atoms with E-state index in [4.69, 9.17) is 4.74 Å². The van der Waals surface area contributed by atoms with Crippen molar-refractivity contribution in [3.8, 4) is 5.75 Å². The third-order valence-corrected chi connectivity index (χ3v) is 3.24. The molecular weight excluding hydrogens is 252 g/mol. The van der Waals surface area contributed by atoms with Crippen molar-refractivity contribution < 1.29 is 9.53 Å². The van der Waals surface area contributed by atoms with Gasteiger partial charge in [0.25, 0.3) is 0 Å². The second kappa shape index (κ2) is 6.07. The van der Waals surface area contributed by atoms with E-state index in [1.165, 1.54) is 0 Å². The van der Waals surface area contributed by atoms with Crippen molar-refractivity contribution in [1.29, 1.82) is 0 Å². The predicted molar refractivity (Wildman–Crippen MR) is 74.5 cm³/mol. The van der Waals surface area contributed by atoms with E-state index in [1.807, 2.05) is 31.2 Å². The molecule has 4 nitrogen and oxygen atoms in total. The Labute approximate surface area is 114 Å². The smallest absolute Gasteiger partial charge is 0.231 e. The number of amides is 1. The normalized spacial score (nSPS) is 22.1. The number of rotatable bonds is 3. The fourth-order valence-electron chi connectivity index (χ4n) is 1.99. The van der Waals surface area contributed by atoms with Crippen LogP contribution in [0.3, 0.4) is 0 Å². The van der Waals surface area contributed by atoms with Gasteiger partial charge in [-0.3, -0.25) is 4.79 Å². The Bertz CT molecular complexity index is 417. The molecule has 18 heavy (non-hydrogen) atoms. The van der Waals surface area contributed by atoms with Crippen molar-refractivity contribution in [3.63, 3.8) is 0 Å². The van der Waals surface area contributed by atoms with Gasteiger partial charge in [0.2, 0.25) is 5.91 Å². The lowest BCUT2D eigenvalue weighted by Gasteiger charge is -2.21. The molecule has 0 bridgehead atoms. The lowest BCUT2D eigenvalue weighted by Crippen LogP contribution is -2.35. The first kappa shape index (κ1) is 14.8. The summed E-state index contributed by atoms with van der Waals surface area (Å²) in [6.07, 6.45) is 0.878. The second-order valence-corrected chi connectivity index (χ2v) is 4.67. The van der Waals surface area contributed by atoms with Crippen LogP contribution >= 0.6 is 12.4 Å². The minimum Gasteiger partial charge on any atom is -0.497 e. The molecule has 1 aromatic carbocycles. The SMILES string of the molecule is COc1cccc(NC(=O)C2(C)CCNC2)c1.Cl. The average molecular weight is 271 g/mol. The summed E-state index contributed by atoms with van der Waals surface area (Å²) in [6.45, 7) is 3.63. The van der Waals surface area contributed by atoms with Crippen LogP contribution in [-0.2, 0) is 4.79 Å². The Morgan fingerprint density at radius 3 is 2.89 bits per heavy atom. The summed E-state index contributed by atoms with van der Waals surface area (Å²) in [7, 11) is 1.61. The highest BCUT2D eigenvalue weighted by Gasteiger charge is 2.36. The van der Waals surface area contributed by atoms with Gasteiger partial charge in [0.05, 0.1) is 12.5 Å². The summed E-state index contributed by atoms with van der Waals surface area (Å²) >= 11 is 0. The van der Waals surface area contributed by atoms with Gasteiger partial charge >= 0.3 is 0 Å². The Balaban J connectivity index is 0.00000162. The van der Waals surface area contributed by atoms with Crippen molar-refractivity contribution >= 4 is 24.0 Å². The van der Waals surface area contributed by atoms with E-state index >= 15 is 0 Å². The fourth-order valence-corrected chi connectivity index (χ4v) is 1.99. The van der Waals surface area contributed by atoms with Crippen LogP contribution in [0.4, 0.5) is 5.69 Å². The van der Waals surface area contributed by atoms with Gasteiger partial charge in [-0.05, 0) is 32.0 Å². The summed E-state index contributed by atoms with van der Waals surface area (Å²) in [5, 5.41) is 6.16. The standard InChI is InChI=1S/C13H18N2O2.ClH/c1-13(6-7-14-9-13)12(16)15-10-4-3-5-11(8-10)17-2;/h3-5,8,14H,6-7,9H2,1-2H3,(H,15,16);1H. The molecule has 1 atom stereocenters. The number of benzene rings is 1. The van der Waals surface area contributed by atoms with Crippen molar-refractivity contribution in [2.45, 2.75) is 13.3 Å². The molecule has 5 heteroatoms. The molecule has 1 aromatic rings. The van der Waals surface area contributed by atoms with Gasteiger partial charge in [-0.1, -0.05) is 6.07 Å². The summed E-state index contributed by atoms with van der Waals surface area (Å²) in [4.78, 5) is 12.1.